The van der Waals surface area contributed by atoms with E-state index in [1.807, 2.05) is 14.1 Å². The highest BCUT2D eigenvalue weighted by atomic mass is 14.8. The predicted molar refractivity (Wildman–Crippen MR) is 60.1 cm³/mol. The van der Waals surface area contributed by atoms with Crippen molar-refractivity contribution in [2.24, 2.45) is 5.92 Å². The molecule has 0 fully saturated rings. The van der Waals surface area contributed by atoms with Crippen LogP contribution in [0.25, 0.3) is 0 Å². The number of nitrogens with one attached hydrogen (secondary N) is 2. The minimum Gasteiger partial charge on any atom is -0.320 e. The summed E-state index contributed by atoms with van der Waals surface area (Å²) in [5.41, 5.74) is 0. The quantitative estimate of drug-likeness (QED) is 0.575. The van der Waals surface area contributed by atoms with E-state index >= 15 is 0 Å². The van der Waals surface area contributed by atoms with Crippen LogP contribution in [0.15, 0.2) is 0 Å². The molecule has 0 unspecified atom stereocenters. The molecule has 2 nitrogen and oxygen atoms in total. The topological polar surface area (TPSA) is 24.1 Å². The average molecular weight is 186 g/mol. The molecular weight excluding hydrogens is 160 g/mol. The van der Waals surface area contributed by atoms with Crippen molar-refractivity contribution in [3.8, 4) is 0 Å². The molecule has 2 heteroatoms. The summed E-state index contributed by atoms with van der Waals surface area (Å²) in [4.78, 5) is 0. The van der Waals surface area contributed by atoms with Crippen molar-refractivity contribution in [2.75, 3.05) is 27.2 Å². The third-order valence-corrected chi connectivity index (χ3v) is 2.57. The molecule has 0 saturated carbocycles. The Morgan fingerprint density at radius 1 is 0.923 bits per heavy atom. The second-order valence-corrected chi connectivity index (χ2v) is 3.79. The molecule has 0 bridgehead atoms. The third-order valence-electron chi connectivity index (χ3n) is 2.57. The SMILES string of the molecule is CCCCC(CCNC)CCNC. The average Bonchev–Trinajstić information content (AvgIpc) is 2.17. The van der Waals surface area contributed by atoms with E-state index in [-0.39, 0.29) is 0 Å². The van der Waals surface area contributed by atoms with E-state index in [4.69, 9.17) is 0 Å². The van der Waals surface area contributed by atoms with E-state index in [0.717, 1.165) is 19.0 Å². The Morgan fingerprint density at radius 2 is 1.46 bits per heavy atom. The number of hydrogen-bond donors (Lipinski definition) is 2. The Morgan fingerprint density at radius 3 is 1.85 bits per heavy atom. The van der Waals surface area contributed by atoms with Crippen LogP contribution >= 0.6 is 0 Å². The summed E-state index contributed by atoms with van der Waals surface area (Å²) in [6.07, 6.45) is 6.78. The lowest BCUT2D eigenvalue weighted by Crippen LogP contribution is -2.17. The fourth-order valence-corrected chi connectivity index (χ4v) is 1.62. The molecule has 0 saturated heterocycles. The molecule has 0 aliphatic heterocycles. The van der Waals surface area contributed by atoms with Crippen LogP contribution in [0.2, 0.25) is 0 Å². The van der Waals surface area contributed by atoms with Gasteiger partial charge in [0.1, 0.15) is 0 Å². The van der Waals surface area contributed by atoms with E-state index in [1.165, 1.54) is 32.1 Å². The van der Waals surface area contributed by atoms with Gasteiger partial charge in [-0.1, -0.05) is 26.2 Å². The molecule has 2 N–H and O–H groups in total. The van der Waals surface area contributed by atoms with E-state index in [2.05, 4.69) is 17.6 Å². The Hall–Kier alpha value is -0.0800. The molecule has 0 aliphatic rings. The molecule has 0 aromatic heterocycles. The van der Waals surface area contributed by atoms with Crippen LogP contribution in [0.3, 0.4) is 0 Å². The van der Waals surface area contributed by atoms with Gasteiger partial charge in [-0.25, -0.2) is 0 Å². The van der Waals surface area contributed by atoms with Crippen molar-refractivity contribution >= 4 is 0 Å². The second kappa shape index (κ2) is 10.0. The smallest absolute Gasteiger partial charge is 0.00493 e. The van der Waals surface area contributed by atoms with Gasteiger partial charge in [0.15, 0.2) is 0 Å². The normalized spacial score (nSPS) is 11.1. The highest BCUT2D eigenvalue weighted by Gasteiger charge is 2.06. The van der Waals surface area contributed by atoms with E-state index in [1.54, 1.807) is 0 Å². The largest absolute Gasteiger partial charge is 0.320 e. The van der Waals surface area contributed by atoms with Crippen LogP contribution in [-0.2, 0) is 0 Å². The molecule has 0 heterocycles. The van der Waals surface area contributed by atoms with Gasteiger partial charge < -0.3 is 10.6 Å². The van der Waals surface area contributed by atoms with Crippen molar-refractivity contribution in [3.63, 3.8) is 0 Å². The summed E-state index contributed by atoms with van der Waals surface area (Å²) in [5, 5.41) is 6.46. The summed E-state index contributed by atoms with van der Waals surface area (Å²) < 4.78 is 0. The summed E-state index contributed by atoms with van der Waals surface area (Å²) in [7, 11) is 4.07. The van der Waals surface area contributed by atoms with Crippen LogP contribution in [0.4, 0.5) is 0 Å². The number of rotatable bonds is 9. The zero-order chi connectivity index (χ0) is 9.94. The van der Waals surface area contributed by atoms with Gasteiger partial charge in [0.2, 0.25) is 0 Å². The van der Waals surface area contributed by atoms with Gasteiger partial charge in [-0.2, -0.15) is 0 Å². The first kappa shape index (κ1) is 12.9. The summed E-state index contributed by atoms with van der Waals surface area (Å²) >= 11 is 0. The minimum absolute atomic E-state index is 0.917. The molecule has 0 amide bonds. The third kappa shape index (κ3) is 8.26. The van der Waals surface area contributed by atoms with Crippen molar-refractivity contribution in [1.29, 1.82) is 0 Å². The Balaban J connectivity index is 3.47. The maximum Gasteiger partial charge on any atom is -0.00493 e. The molecule has 0 aliphatic carbocycles. The number of unbranched alkanes of at least 4 members (excludes halogenated alkanes) is 1. The first-order valence-electron chi connectivity index (χ1n) is 5.64. The fourth-order valence-electron chi connectivity index (χ4n) is 1.62. The molecule has 0 radical (unpaired) electrons. The van der Waals surface area contributed by atoms with E-state index in [9.17, 15) is 0 Å². The second-order valence-electron chi connectivity index (χ2n) is 3.79. The molecule has 0 rings (SSSR count). The summed E-state index contributed by atoms with van der Waals surface area (Å²) in [6, 6.07) is 0. The Bertz CT molecular complexity index is 75.1. The van der Waals surface area contributed by atoms with Gasteiger partial charge >= 0.3 is 0 Å². The minimum atomic E-state index is 0.917. The maximum atomic E-state index is 3.23. The van der Waals surface area contributed by atoms with Crippen LogP contribution in [0, 0.1) is 5.92 Å². The standard InChI is InChI=1S/C11H26N2/c1-4-5-6-11(7-9-12-2)8-10-13-3/h11-13H,4-10H2,1-3H3. The number of hydrogen-bond acceptors (Lipinski definition) is 2. The van der Waals surface area contributed by atoms with Crippen molar-refractivity contribution in [1.82, 2.24) is 10.6 Å². The van der Waals surface area contributed by atoms with Crippen LogP contribution < -0.4 is 10.6 Å². The van der Waals surface area contributed by atoms with Crippen LogP contribution in [0.5, 0.6) is 0 Å². The predicted octanol–water partition coefficient (Wildman–Crippen LogP) is 2.01. The maximum absolute atomic E-state index is 3.23. The fraction of sp³-hybridized carbons (Fsp3) is 1.00. The lowest BCUT2D eigenvalue weighted by atomic mass is 9.95. The summed E-state index contributed by atoms with van der Waals surface area (Å²) in [5.74, 6) is 0.917. The molecule has 0 spiro atoms. The van der Waals surface area contributed by atoms with Crippen molar-refractivity contribution in [2.45, 2.75) is 39.0 Å². The molecule has 0 aromatic carbocycles. The first-order valence-corrected chi connectivity index (χ1v) is 5.64. The highest BCUT2D eigenvalue weighted by Crippen LogP contribution is 2.15. The van der Waals surface area contributed by atoms with Gasteiger partial charge in [0.25, 0.3) is 0 Å². The van der Waals surface area contributed by atoms with Crippen molar-refractivity contribution < 1.29 is 0 Å². The molecule has 13 heavy (non-hydrogen) atoms. The van der Waals surface area contributed by atoms with Gasteiger partial charge in [0.05, 0.1) is 0 Å². The monoisotopic (exact) mass is 186 g/mol. The van der Waals surface area contributed by atoms with Gasteiger partial charge in [-0.3, -0.25) is 0 Å². The highest BCUT2D eigenvalue weighted by molar-refractivity contribution is 4.62. The van der Waals surface area contributed by atoms with Crippen LogP contribution in [0.1, 0.15) is 39.0 Å². The van der Waals surface area contributed by atoms with Gasteiger partial charge in [-0.15, -0.1) is 0 Å². The van der Waals surface area contributed by atoms with Gasteiger partial charge in [-0.05, 0) is 45.9 Å². The Kier molecular flexibility index (Phi) is 9.94. The summed E-state index contributed by atoms with van der Waals surface area (Å²) in [6.45, 7) is 4.60. The van der Waals surface area contributed by atoms with Crippen LogP contribution in [-0.4, -0.2) is 27.2 Å². The zero-order valence-corrected chi connectivity index (χ0v) is 9.53. The Labute approximate surface area is 83.5 Å². The van der Waals surface area contributed by atoms with E-state index < -0.39 is 0 Å². The van der Waals surface area contributed by atoms with Crippen molar-refractivity contribution in [3.05, 3.63) is 0 Å². The van der Waals surface area contributed by atoms with Gasteiger partial charge in [0, 0.05) is 0 Å². The van der Waals surface area contributed by atoms with E-state index in [0.29, 0.717) is 0 Å². The molecule has 0 atom stereocenters. The molecular formula is C11H26N2. The molecule has 0 aromatic rings. The zero-order valence-electron chi connectivity index (χ0n) is 9.53. The molecule has 80 valence electrons. The first-order chi connectivity index (χ1) is 6.35. The lowest BCUT2D eigenvalue weighted by Gasteiger charge is -2.15. The lowest BCUT2D eigenvalue weighted by molar-refractivity contribution is 0.397.